The quantitative estimate of drug-likeness (QED) is 0.806. The fraction of sp³-hybridized carbons (Fsp3) is 0.462. The first-order valence-corrected chi connectivity index (χ1v) is 7.75. The lowest BCUT2D eigenvalue weighted by Crippen LogP contribution is -2.56. The molecule has 1 aliphatic heterocycles. The van der Waals surface area contributed by atoms with Crippen LogP contribution in [0.15, 0.2) is 29.2 Å². The van der Waals surface area contributed by atoms with Gasteiger partial charge in [-0.1, -0.05) is 17.7 Å². The van der Waals surface area contributed by atoms with E-state index in [0.29, 0.717) is 6.54 Å². The van der Waals surface area contributed by atoms with Crippen molar-refractivity contribution in [1.29, 1.82) is 0 Å². The molecule has 2 rings (SSSR count). The summed E-state index contributed by atoms with van der Waals surface area (Å²) >= 11 is 0. The summed E-state index contributed by atoms with van der Waals surface area (Å²) < 4.78 is 35.0. The first-order valence-electron chi connectivity index (χ1n) is 6.20. The van der Waals surface area contributed by atoms with Crippen LogP contribution in [0.2, 0.25) is 0 Å². The summed E-state index contributed by atoms with van der Waals surface area (Å²) in [6, 6.07) is 5.42. The van der Waals surface area contributed by atoms with Crippen molar-refractivity contribution in [3.05, 3.63) is 29.8 Å². The van der Waals surface area contributed by atoms with E-state index in [1.807, 2.05) is 6.92 Å². The van der Waals surface area contributed by atoms with Gasteiger partial charge < -0.3 is 9.47 Å². The predicted molar refractivity (Wildman–Crippen MR) is 71.9 cm³/mol. The van der Waals surface area contributed by atoms with E-state index >= 15 is 0 Å². The van der Waals surface area contributed by atoms with Gasteiger partial charge in [0, 0.05) is 6.54 Å². The molecule has 20 heavy (non-hydrogen) atoms. The van der Waals surface area contributed by atoms with E-state index in [0.717, 1.165) is 5.56 Å². The molecule has 0 aromatic heterocycles. The summed E-state index contributed by atoms with van der Waals surface area (Å²) in [6.45, 7) is 2.50. The number of nitrogens with one attached hydrogen (secondary N) is 1. The molecule has 0 saturated carbocycles. The maximum absolute atomic E-state index is 12.6. The first kappa shape index (κ1) is 15.0. The highest BCUT2D eigenvalue weighted by molar-refractivity contribution is 7.92. The van der Waals surface area contributed by atoms with Gasteiger partial charge in [0.25, 0.3) is 0 Å². The topological polar surface area (TPSA) is 81.7 Å². The standard InChI is InChI=1S/C13H17NO5S/c1-9-3-5-10(6-4-9)20(16,17)13-11(12(15)18-2)14-7-8-19-13/h3-6,11,13-14H,7-8H2,1-2H3. The Labute approximate surface area is 118 Å². The smallest absolute Gasteiger partial charge is 0.326 e. The number of aryl methyl sites for hydroxylation is 1. The highest BCUT2D eigenvalue weighted by atomic mass is 32.2. The van der Waals surface area contributed by atoms with Gasteiger partial charge in [0.2, 0.25) is 9.84 Å². The lowest BCUT2D eigenvalue weighted by Gasteiger charge is -2.30. The summed E-state index contributed by atoms with van der Waals surface area (Å²) in [6.07, 6.45) is 0. The Morgan fingerprint density at radius 2 is 2.00 bits per heavy atom. The van der Waals surface area contributed by atoms with Crippen LogP contribution < -0.4 is 5.32 Å². The molecule has 0 spiro atoms. The zero-order valence-corrected chi connectivity index (χ0v) is 12.1. The van der Waals surface area contributed by atoms with Gasteiger partial charge in [-0.15, -0.1) is 0 Å². The normalized spacial score (nSPS) is 23.3. The van der Waals surface area contributed by atoms with Crippen LogP contribution in [0.1, 0.15) is 5.56 Å². The number of methoxy groups -OCH3 is 1. The number of ether oxygens (including phenoxy) is 2. The molecule has 1 aromatic rings. The van der Waals surface area contributed by atoms with Crippen LogP contribution in [0, 0.1) is 6.92 Å². The Morgan fingerprint density at radius 3 is 2.60 bits per heavy atom. The Bertz CT molecular complexity index is 581. The van der Waals surface area contributed by atoms with Gasteiger partial charge in [0.1, 0.15) is 6.04 Å². The second-order valence-electron chi connectivity index (χ2n) is 4.55. The largest absolute Gasteiger partial charge is 0.468 e. The van der Waals surface area contributed by atoms with Crippen molar-refractivity contribution in [3.8, 4) is 0 Å². The third kappa shape index (κ3) is 2.84. The van der Waals surface area contributed by atoms with Crippen molar-refractivity contribution >= 4 is 15.8 Å². The highest BCUT2D eigenvalue weighted by Gasteiger charge is 2.42. The number of hydrogen-bond acceptors (Lipinski definition) is 6. The Morgan fingerprint density at radius 1 is 1.35 bits per heavy atom. The van der Waals surface area contributed by atoms with Crippen molar-refractivity contribution in [2.75, 3.05) is 20.3 Å². The molecular formula is C13H17NO5S. The van der Waals surface area contributed by atoms with Crippen LogP contribution in [-0.2, 0) is 24.1 Å². The molecule has 6 nitrogen and oxygen atoms in total. The molecule has 0 amide bonds. The molecule has 0 radical (unpaired) electrons. The number of carbonyl (C=O) groups is 1. The molecule has 110 valence electrons. The third-order valence-corrected chi connectivity index (χ3v) is 5.08. The molecule has 1 fully saturated rings. The average Bonchev–Trinajstić information content (AvgIpc) is 2.47. The molecule has 1 N–H and O–H groups in total. The van der Waals surface area contributed by atoms with Crippen LogP contribution >= 0.6 is 0 Å². The van der Waals surface area contributed by atoms with Crippen LogP contribution in [0.4, 0.5) is 0 Å². The second kappa shape index (κ2) is 5.90. The predicted octanol–water partition coefficient (Wildman–Crippen LogP) is 0.256. The van der Waals surface area contributed by atoms with Gasteiger partial charge in [-0.2, -0.15) is 0 Å². The highest BCUT2D eigenvalue weighted by Crippen LogP contribution is 2.22. The van der Waals surface area contributed by atoms with Gasteiger partial charge in [-0.25, -0.2) is 8.42 Å². The monoisotopic (exact) mass is 299 g/mol. The summed E-state index contributed by atoms with van der Waals surface area (Å²) in [4.78, 5) is 11.8. The number of benzene rings is 1. The Kier molecular flexibility index (Phi) is 4.42. The van der Waals surface area contributed by atoms with Crippen LogP contribution in [0.25, 0.3) is 0 Å². The summed E-state index contributed by atoms with van der Waals surface area (Å²) in [5.74, 6) is -0.648. The molecule has 1 aliphatic rings. The van der Waals surface area contributed by atoms with E-state index in [1.165, 1.54) is 19.2 Å². The van der Waals surface area contributed by atoms with E-state index in [9.17, 15) is 13.2 Å². The van der Waals surface area contributed by atoms with Crippen molar-refractivity contribution < 1.29 is 22.7 Å². The number of morpholine rings is 1. The van der Waals surface area contributed by atoms with Gasteiger partial charge in [-0.3, -0.25) is 10.1 Å². The van der Waals surface area contributed by atoms with Crippen molar-refractivity contribution in [1.82, 2.24) is 5.32 Å². The van der Waals surface area contributed by atoms with E-state index in [2.05, 4.69) is 10.1 Å². The van der Waals surface area contributed by atoms with E-state index < -0.39 is 27.3 Å². The van der Waals surface area contributed by atoms with E-state index in [4.69, 9.17) is 4.74 Å². The zero-order chi connectivity index (χ0) is 14.8. The minimum Gasteiger partial charge on any atom is -0.468 e. The maximum Gasteiger partial charge on any atom is 0.326 e. The molecule has 1 saturated heterocycles. The van der Waals surface area contributed by atoms with Crippen LogP contribution in [-0.4, -0.2) is 46.1 Å². The number of rotatable bonds is 3. The second-order valence-corrected chi connectivity index (χ2v) is 6.58. The molecule has 1 aromatic carbocycles. The molecule has 2 unspecified atom stereocenters. The van der Waals surface area contributed by atoms with Gasteiger partial charge in [0.15, 0.2) is 5.44 Å². The Hall–Kier alpha value is -1.44. The fourth-order valence-corrected chi connectivity index (χ4v) is 3.66. The lowest BCUT2D eigenvalue weighted by atomic mass is 10.2. The molecule has 0 bridgehead atoms. The molecule has 0 aliphatic carbocycles. The molecular weight excluding hydrogens is 282 g/mol. The SMILES string of the molecule is COC(=O)C1NCCOC1S(=O)(=O)c1ccc(C)cc1. The van der Waals surface area contributed by atoms with Crippen molar-refractivity contribution in [2.24, 2.45) is 0 Å². The fourth-order valence-electron chi connectivity index (χ4n) is 2.03. The summed E-state index contributed by atoms with van der Waals surface area (Å²) in [5, 5.41) is 2.83. The van der Waals surface area contributed by atoms with Crippen molar-refractivity contribution in [3.63, 3.8) is 0 Å². The van der Waals surface area contributed by atoms with Crippen LogP contribution in [0.3, 0.4) is 0 Å². The average molecular weight is 299 g/mol. The van der Waals surface area contributed by atoms with Crippen LogP contribution in [0.5, 0.6) is 0 Å². The van der Waals surface area contributed by atoms with E-state index in [-0.39, 0.29) is 11.5 Å². The number of carbonyl (C=O) groups excluding carboxylic acids is 1. The molecule has 7 heteroatoms. The summed E-state index contributed by atoms with van der Waals surface area (Å²) in [7, 11) is -2.55. The minimum absolute atomic E-state index is 0.130. The van der Waals surface area contributed by atoms with E-state index in [1.54, 1.807) is 12.1 Å². The van der Waals surface area contributed by atoms with Crippen molar-refractivity contribution in [2.45, 2.75) is 23.3 Å². The number of esters is 1. The maximum atomic E-state index is 12.6. The number of hydrogen-bond donors (Lipinski definition) is 1. The number of sulfone groups is 1. The summed E-state index contributed by atoms with van der Waals surface area (Å²) in [5.41, 5.74) is -0.317. The van der Waals surface area contributed by atoms with Gasteiger partial charge in [-0.05, 0) is 19.1 Å². The molecule has 1 heterocycles. The first-order chi connectivity index (χ1) is 9.46. The van der Waals surface area contributed by atoms with Gasteiger partial charge >= 0.3 is 5.97 Å². The Balaban J connectivity index is 2.35. The molecule has 2 atom stereocenters. The van der Waals surface area contributed by atoms with Gasteiger partial charge in [0.05, 0.1) is 18.6 Å². The lowest BCUT2D eigenvalue weighted by molar-refractivity contribution is -0.147. The zero-order valence-electron chi connectivity index (χ0n) is 11.3. The minimum atomic E-state index is -3.77. The third-order valence-electron chi connectivity index (χ3n) is 3.13.